The molecule has 2 aromatic rings. The number of carbonyl (C=O) groups excluding carboxylic acids is 2. The maximum absolute atomic E-state index is 12.0. The number of hydrogen-bond acceptors (Lipinski definition) is 4. The Balaban J connectivity index is 1.79. The Kier molecular flexibility index (Phi) is 6.91. The van der Waals surface area contributed by atoms with E-state index in [-0.39, 0.29) is 30.4 Å². The normalized spacial score (nSPS) is 10.7. The van der Waals surface area contributed by atoms with E-state index in [1.54, 1.807) is 12.1 Å². The van der Waals surface area contributed by atoms with Gasteiger partial charge in [0.05, 0.1) is 10.7 Å². The Bertz CT molecular complexity index is 850. The first-order valence-corrected chi connectivity index (χ1v) is 8.82. The number of hydrogen-bond donors (Lipinski definition) is 3. The predicted octanol–water partition coefficient (Wildman–Crippen LogP) is 3.64. The van der Waals surface area contributed by atoms with E-state index in [1.807, 2.05) is 32.0 Å². The summed E-state index contributed by atoms with van der Waals surface area (Å²) in [7, 11) is 0. The fourth-order valence-corrected chi connectivity index (χ4v) is 2.56. The van der Waals surface area contributed by atoms with Crippen LogP contribution < -0.4 is 10.7 Å². The molecule has 0 heterocycles. The molecule has 0 aliphatic rings. The first-order chi connectivity index (χ1) is 12.4. The highest BCUT2D eigenvalue weighted by Crippen LogP contribution is 2.23. The zero-order valence-electron chi connectivity index (χ0n) is 14.5. The summed E-state index contributed by atoms with van der Waals surface area (Å²) in [5, 5.41) is 16.1. The second kappa shape index (κ2) is 9.15. The Morgan fingerprint density at radius 3 is 2.62 bits per heavy atom. The molecule has 0 radical (unpaired) electrons. The highest BCUT2D eigenvalue weighted by molar-refractivity contribution is 9.10. The fourth-order valence-electron chi connectivity index (χ4n) is 2.16. The lowest BCUT2D eigenvalue weighted by molar-refractivity contribution is -0.124. The maximum Gasteiger partial charge on any atom is 0.240 e. The number of benzene rings is 2. The first-order valence-electron chi connectivity index (χ1n) is 8.03. The first kappa shape index (κ1) is 19.7. The van der Waals surface area contributed by atoms with Crippen LogP contribution >= 0.6 is 15.9 Å². The standard InChI is InChI=1S/C19H20BrN3O3/c1-12-4-3-5-16(13(12)2)22-18(25)8-9-19(26)23-21-11-14-6-7-17(24)15(20)10-14/h3-7,10-11,24H,8-9H2,1-2H3,(H,22,25)(H,23,26). The van der Waals surface area contributed by atoms with Crippen LogP contribution in [0.25, 0.3) is 0 Å². The molecule has 0 aliphatic carbocycles. The van der Waals surface area contributed by atoms with Gasteiger partial charge in [-0.05, 0) is 70.7 Å². The average molecular weight is 418 g/mol. The van der Waals surface area contributed by atoms with Gasteiger partial charge in [0.1, 0.15) is 5.75 Å². The minimum atomic E-state index is -0.352. The smallest absolute Gasteiger partial charge is 0.240 e. The number of halogens is 1. The second-order valence-electron chi connectivity index (χ2n) is 5.80. The third-order valence-corrected chi connectivity index (χ3v) is 4.47. The number of nitrogens with one attached hydrogen (secondary N) is 2. The molecule has 0 saturated carbocycles. The molecule has 0 aliphatic heterocycles. The van der Waals surface area contributed by atoms with Gasteiger partial charge < -0.3 is 10.4 Å². The Hall–Kier alpha value is -2.67. The van der Waals surface area contributed by atoms with E-state index in [1.165, 1.54) is 12.3 Å². The molecule has 7 heteroatoms. The van der Waals surface area contributed by atoms with Crippen LogP contribution in [0.3, 0.4) is 0 Å². The third kappa shape index (κ3) is 5.70. The molecule has 0 aromatic heterocycles. The van der Waals surface area contributed by atoms with E-state index in [9.17, 15) is 14.7 Å². The van der Waals surface area contributed by atoms with Crippen LogP contribution in [0.2, 0.25) is 0 Å². The summed E-state index contributed by atoms with van der Waals surface area (Å²) in [6.45, 7) is 3.91. The number of amides is 2. The number of aryl methyl sites for hydroxylation is 1. The SMILES string of the molecule is Cc1cccc(NC(=O)CCC(=O)NN=Cc2ccc(O)c(Br)c2)c1C. The molecule has 2 aromatic carbocycles. The number of anilines is 1. The largest absolute Gasteiger partial charge is 0.507 e. The van der Waals surface area contributed by atoms with Gasteiger partial charge in [-0.2, -0.15) is 5.10 Å². The summed E-state index contributed by atoms with van der Waals surface area (Å²) in [6, 6.07) is 10.5. The third-order valence-electron chi connectivity index (χ3n) is 3.83. The van der Waals surface area contributed by atoms with Gasteiger partial charge in [-0.25, -0.2) is 5.43 Å². The molecule has 0 saturated heterocycles. The summed E-state index contributed by atoms with van der Waals surface area (Å²) < 4.78 is 0.538. The molecule has 0 unspecified atom stereocenters. The monoisotopic (exact) mass is 417 g/mol. The van der Waals surface area contributed by atoms with Gasteiger partial charge in [-0.15, -0.1) is 0 Å². The lowest BCUT2D eigenvalue weighted by Crippen LogP contribution is -2.21. The summed E-state index contributed by atoms with van der Waals surface area (Å²) in [5.74, 6) is -0.448. The van der Waals surface area contributed by atoms with Crippen molar-refractivity contribution in [1.82, 2.24) is 5.43 Å². The molecular weight excluding hydrogens is 398 g/mol. The molecule has 2 amide bonds. The molecule has 2 rings (SSSR count). The summed E-state index contributed by atoms with van der Waals surface area (Å²) in [5.41, 5.74) is 5.95. The highest BCUT2D eigenvalue weighted by Gasteiger charge is 2.08. The zero-order valence-corrected chi connectivity index (χ0v) is 16.1. The quantitative estimate of drug-likeness (QED) is 0.494. The van der Waals surface area contributed by atoms with Gasteiger partial charge in [0, 0.05) is 18.5 Å². The summed E-state index contributed by atoms with van der Waals surface area (Å²) in [4.78, 5) is 23.8. The Morgan fingerprint density at radius 2 is 1.88 bits per heavy atom. The topological polar surface area (TPSA) is 90.8 Å². The molecule has 0 atom stereocenters. The Morgan fingerprint density at radius 1 is 1.15 bits per heavy atom. The number of phenols is 1. The van der Waals surface area contributed by atoms with E-state index in [2.05, 4.69) is 31.8 Å². The van der Waals surface area contributed by atoms with Gasteiger partial charge in [-0.3, -0.25) is 9.59 Å². The Labute approximate surface area is 160 Å². The van der Waals surface area contributed by atoms with Crippen LogP contribution in [0, 0.1) is 13.8 Å². The van der Waals surface area contributed by atoms with Crippen molar-refractivity contribution in [3.05, 3.63) is 57.6 Å². The van der Waals surface area contributed by atoms with Crippen molar-refractivity contribution in [3.63, 3.8) is 0 Å². The average Bonchev–Trinajstić information content (AvgIpc) is 2.60. The molecule has 6 nitrogen and oxygen atoms in total. The summed E-state index contributed by atoms with van der Waals surface area (Å²) in [6.07, 6.45) is 1.56. The van der Waals surface area contributed by atoms with Crippen molar-refractivity contribution in [1.29, 1.82) is 0 Å². The van der Waals surface area contributed by atoms with Crippen LogP contribution in [0.5, 0.6) is 5.75 Å². The lowest BCUT2D eigenvalue weighted by Gasteiger charge is -2.10. The lowest BCUT2D eigenvalue weighted by atomic mass is 10.1. The molecule has 3 N–H and O–H groups in total. The number of rotatable bonds is 6. The predicted molar refractivity (Wildman–Crippen MR) is 105 cm³/mol. The number of hydrazone groups is 1. The van der Waals surface area contributed by atoms with Crippen molar-refractivity contribution in [2.24, 2.45) is 5.10 Å². The number of carbonyl (C=O) groups is 2. The minimum Gasteiger partial charge on any atom is -0.507 e. The zero-order chi connectivity index (χ0) is 19.1. The number of nitrogens with zero attached hydrogens (tertiary/aromatic N) is 1. The van der Waals surface area contributed by atoms with Gasteiger partial charge in [0.25, 0.3) is 0 Å². The second-order valence-corrected chi connectivity index (χ2v) is 6.65. The van der Waals surface area contributed by atoms with Crippen LogP contribution in [0.15, 0.2) is 46.0 Å². The van der Waals surface area contributed by atoms with E-state index in [0.717, 1.165) is 16.8 Å². The van der Waals surface area contributed by atoms with Crippen molar-refractivity contribution in [3.8, 4) is 5.75 Å². The minimum absolute atomic E-state index is 0.0350. The fraction of sp³-hybridized carbons (Fsp3) is 0.211. The van der Waals surface area contributed by atoms with Crippen molar-refractivity contribution < 1.29 is 14.7 Å². The van der Waals surface area contributed by atoms with Crippen molar-refractivity contribution in [2.45, 2.75) is 26.7 Å². The summed E-state index contributed by atoms with van der Waals surface area (Å²) >= 11 is 3.20. The molecule has 0 fully saturated rings. The van der Waals surface area contributed by atoms with E-state index in [0.29, 0.717) is 10.0 Å². The molecule has 0 bridgehead atoms. The van der Waals surface area contributed by atoms with Crippen LogP contribution in [-0.2, 0) is 9.59 Å². The molecule has 26 heavy (non-hydrogen) atoms. The van der Waals surface area contributed by atoms with Crippen molar-refractivity contribution in [2.75, 3.05) is 5.32 Å². The van der Waals surface area contributed by atoms with Gasteiger partial charge in [0.2, 0.25) is 11.8 Å². The highest BCUT2D eigenvalue weighted by atomic mass is 79.9. The van der Waals surface area contributed by atoms with Crippen LogP contribution in [-0.4, -0.2) is 23.1 Å². The van der Waals surface area contributed by atoms with Gasteiger partial charge >= 0.3 is 0 Å². The molecular formula is C19H20BrN3O3. The maximum atomic E-state index is 12.0. The molecule has 136 valence electrons. The van der Waals surface area contributed by atoms with Crippen molar-refractivity contribution >= 4 is 39.6 Å². The molecule has 0 spiro atoms. The van der Waals surface area contributed by atoms with E-state index >= 15 is 0 Å². The van der Waals surface area contributed by atoms with Gasteiger partial charge in [-0.1, -0.05) is 12.1 Å². The van der Waals surface area contributed by atoms with Crippen LogP contribution in [0.4, 0.5) is 5.69 Å². The number of aromatic hydroxyl groups is 1. The van der Waals surface area contributed by atoms with E-state index < -0.39 is 0 Å². The van der Waals surface area contributed by atoms with Gasteiger partial charge in [0.15, 0.2) is 0 Å². The van der Waals surface area contributed by atoms with E-state index in [4.69, 9.17) is 0 Å². The van der Waals surface area contributed by atoms with Crippen LogP contribution in [0.1, 0.15) is 29.5 Å². The number of phenolic OH excluding ortho intramolecular Hbond substituents is 1.